The summed E-state index contributed by atoms with van der Waals surface area (Å²) in [5, 5.41) is 5.62. The number of carbonyl (C=O) groups excluding carboxylic acids is 2. The van der Waals surface area contributed by atoms with Crippen LogP contribution in [0.1, 0.15) is 21.7 Å². The summed E-state index contributed by atoms with van der Waals surface area (Å²) in [6.07, 6.45) is 5.45. The van der Waals surface area contributed by atoms with Crippen molar-refractivity contribution in [3.63, 3.8) is 0 Å². The molecule has 5 rings (SSSR count). The lowest BCUT2D eigenvalue weighted by atomic mass is 10.2. The molecule has 2 amide bonds. The molecule has 4 aromatic heterocycles. The van der Waals surface area contributed by atoms with Crippen molar-refractivity contribution in [2.24, 2.45) is 0 Å². The molecule has 1 aromatic carbocycles. The number of hydrogen-bond donors (Lipinski definition) is 2. The summed E-state index contributed by atoms with van der Waals surface area (Å²) in [5.74, 6) is -0.573. The summed E-state index contributed by atoms with van der Waals surface area (Å²) in [6, 6.07) is 19.3. The molecule has 5 aromatic rings. The lowest BCUT2D eigenvalue weighted by Crippen LogP contribution is -2.27. The fraction of sp³-hybridized carbons (Fsp3) is 0.0800. The Morgan fingerprint density at radius 1 is 0.882 bits per heavy atom. The van der Waals surface area contributed by atoms with Gasteiger partial charge in [0.25, 0.3) is 11.5 Å². The van der Waals surface area contributed by atoms with Crippen LogP contribution in [0, 0.1) is 0 Å². The van der Waals surface area contributed by atoms with Crippen molar-refractivity contribution in [3.05, 3.63) is 113 Å². The van der Waals surface area contributed by atoms with Crippen molar-refractivity contribution in [1.82, 2.24) is 24.1 Å². The SMILES string of the molecule is O=C(Cc1ccc2nc(CNC(=O)c3cc(=O)n4ccccc4n3)cn2c1)Nc1ccccc1. The van der Waals surface area contributed by atoms with Gasteiger partial charge in [0.05, 0.1) is 18.7 Å². The lowest BCUT2D eigenvalue weighted by molar-refractivity contribution is -0.115. The van der Waals surface area contributed by atoms with Crippen LogP contribution in [0.4, 0.5) is 5.69 Å². The first-order valence-corrected chi connectivity index (χ1v) is 10.6. The highest BCUT2D eigenvalue weighted by Crippen LogP contribution is 2.11. The average molecular weight is 452 g/mol. The predicted molar refractivity (Wildman–Crippen MR) is 127 cm³/mol. The second-order valence-electron chi connectivity index (χ2n) is 7.72. The number of fused-ring (bicyclic) bond motifs is 2. The molecule has 9 heteroatoms. The number of para-hydroxylation sites is 1. The van der Waals surface area contributed by atoms with Crippen LogP contribution in [0.15, 0.2) is 90.1 Å². The van der Waals surface area contributed by atoms with Gasteiger partial charge in [-0.15, -0.1) is 0 Å². The number of imidazole rings is 1. The molecule has 0 aliphatic carbocycles. The minimum Gasteiger partial charge on any atom is -0.345 e. The van der Waals surface area contributed by atoms with Gasteiger partial charge in [0.2, 0.25) is 5.91 Å². The van der Waals surface area contributed by atoms with E-state index in [4.69, 9.17) is 0 Å². The topological polar surface area (TPSA) is 110 Å². The number of amides is 2. The van der Waals surface area contributed by atoms with E-state index in [1.54, 1.807) is 30.6 Å². The van der Waals surface area contributed by atoms with E-state index in [1.165, 1.54) is 10.5 Å². The summed E-state index contributed by atoms with van der Waals surface area (Å²) in [4.78, 5) is 45.8. The molecule has 0 unspecified atom stereocenters. The van der Waals surface area contributed by atoms with Crippen molar-refractivity contribution in [1.29, 1.82) is 0 Å². The van der Waals surface area contributed by atoms with E-state index in [9.17, 15) is 14.4 Å². The molecule has 0 fully saturated rings. The molecule has 0 aliphatic rings. The molecule has 4 heterocycles. The Balaban J connectivity index is 1.25. The molecule has 0 radical (unpaired) electrons. The third-order valence-corrected chi connectivity index (χ3v) is 5.22. The van der Waals surface area contributed by atoms with Crippen molar-refractivity contribution in [3.8, 4) is 0 Å². The van der Waals surface area contributed by atoms with Crippen LogP contribution in [0.2, 0.25) is 0 Å². The Morgan fingerprint density at radius 3 is 2.56 bits per heavy atom. The quantitative estimate of drug-likeness (QED) is 0.411. The van der Waals surface area contributed by atoms with Gasteiger partial charge in [-0.05, 0) is 35.9 Å². The number of nitrogens with one attached hydrogen (secondary N) is 2. The summed E-state index contributed by atoms with van der Waals surface area (Å²) >= 11 is 0. The maximum atomic E-state index is 12.6. The first-order valence-electron chi connectivity index (χ1n) is 10.6. The van der Waals surface area contributed by atoms with Crippen LogP contribution in [-0.2, 0) is 17.8 Å². The fourth-order valence-electron chi connectivity index (χ4n) is 3.62. The van der Waals surface area contributed by atoms with E-state index in [1.807, 2.05) is 53.1 Å². The standard InChI is InChI=1S/C25H20N6O3/c32-23(28-18-6-2-1-3-7-18)12-17-9-10-21-27-19(16-30(21)15-17)14-26-25(34)20-13-24(33)31-11-5-4-8-22(31)29-20/h1-11,13,15-16H,12,14H2,(H,26,34)(H,28,32). The van der Waals surface area contributed by atoms with Gasteiger partial charge in [0.1, 0.15) is 17.0 Å². The van der Waals surface area contributed by atoms with E-state index in [2.05, 4.69) is 20.6 Å². The number of nitrogens with zero attached hydrogens (tertiary/aromatic N) is 4. The smallest absolute Gasteiger partial charge is 0.270 e. The molecule has 0 atom stereocenters. The second kappa shape index (κ2) is 8.99. The minimum atomic E-state index is -0.459. The molecular formula is C25H20N6O3. The van der Waals surface area contributed by atoms with Gasteiger partial charge in [-0.3, -0.25) is 18.8 Å². The zero-order valence-electron chi connectivity index (χ0n) is 18.0. The van der Waals surface area contributed by atoms with Gasteiger partial charge in [0.15, 0.2) is 0 Å². The highest BCUT2D eigenvalue weighted by Gasteiger charge is 2.12. The summed E-state index contributed by atoms with van der Waals surface area (Å²) in [6.45, 7) is 0.167. The molecule has 0 saturated heterocycles. The van der Waals surface area contributed by atoms with Crippen molar-refractivity contribution >= 4 is 28.8 Å². The third-order valence-electron chi connectivity index (χ3n) is 5.22. The van der Waals surface area contributed by atoms with E-state index in [-0.39, 0.29) is 30.1 Å². The van der Waals surface area contributed by atoms with Gasteiger partial charge >= 0.3 is 0 Å². The predicted octanol–water partition coefficient (Wildman–Crippen LogP) is 2.45. The number of anilines is 1. The van der Waals surface area contributed by atoms with Gasteiger partial charge in [-0.2, -0.15) is 0 Å². The molecule has 0 saturated carbocycles. The number of carbonyl (C=O) groups is 2. The van der Waals surface area contributed by atoms with E-state index < -0.39 is 5.91 Å². The minimum absolute atomic E-state index is 0.0479. The highest BCUT2D eigenvalue weighted by molar-refractivity contribution is 5.93. The maximum Gasteiger partial charge on any atom is 0.270 e. The first-order chi connectivity index (χ1) is 16.5. The van der Waals surface area contributed by atoms with Crippen LogP contribution in [-0.4, -0.2) is 30.6 Å². The average Bonchev–Trinajstić information content (AvgIpc) is 3.25. The zero-order chi connectivity index (χ0) is 23.5. The van der Waals surface area contributed by atoms with Crippen LogP contribution in [0.3, 0.4) is 0 Å². The maximum absolute atomic E-state index is 12.6. The lowest BCUT2D eigenvalue weighted by Gasteiger charge is -2.05. The highest BCUT2D eigenvalue weighted by atomic mass is 16.2. The summed E-state index contributed by atoms with van der Waals surface area (Å²) < 4.78 is 3.18. The number of rotatable bonds is 6. The molecular weight excluding hydrogens is 432 g/mol. The van der Waals surface area contributed by atoms with E-state index in [0.717, 1.165) is 11.3 Å². The Labute approximate surface area is 193 Å². The molecule has 0 bridgehead atoms. The Kier molecular flexibility index (Phi) is 5.57. The monoisotopic (exact) mass is 452 g/mol. The Morgan fingerprint density at radius 2 is 1.71 bits per heavy atom. The summed E-state index contributed by atoms with van der Waals surface area (Å²) in [7, 11) is 0. The number of pyridine rings is 2. The van der Waals surface area contributed by atoms with Crippen molar-refractivity contribution in [2.45, 2.75) is 13.0 Å². The number of benzene rings is 1. The molecule has 0 aliphatic heterocycles. The zero-order valence-corrected chi connectivity index (χ0v) is 18.0. The normalized spacial score (nSPS) is 10.9. The second-order valence-corrected chi connectivity index (χ2v) is 7.72. The van der Waals surface area contributed by atoms with Crippen LogP contribution < -0.4 is 16.2 Å². The number of aromatic nitrogens is 4. The Hall–Kier alpha value is -4.79. The Bertz CT molecular complexity index is 1570. The largest absolute Gasteiger partial charge is 0.345 e. The molecule has 34 heavy (non-hydrogen) atoms. The van der Waals surface area contributed by atoms with Gasteiger partial charge in [-0.1, -0.05) is 30.3 Å². The van der Waals surface area contributed by atoms with E-state index in [0.29, 0.717) is 17.0 Å². The van der Waals surface area contributed by atoms with Crippen LogP contribution >= 0.6 is 0 Å². The number of hydrogen-bond acceptors (Lipinski definition) is 5. The summed E-state index contributed by atoms with van der Waals surface area (Å²) in [5.41, 5.74) is 3.03. The first kappa shape index (κ1) is 21.1. The molecule has 0 spiro atoms. The van der Waals surface area contributed by atoms with Gasteiger partial charge in [0, 0.05) is 30.3 Å². The third kappa shape index (κ3) is 4.53. The van der Waals surface area contributed by atoms with Crippen molar-refractivity contribution < 1.29 is 9.59 Å². The van der Waals surface area contributed by atoms with Crippen LogP contribution in [0.25, 0.3) is 11.3 Å². The molecule has 9 nitrogen and oxygen atoms in total. The molecule has 168 valence electrons. The molecule has 2 N–H and O–H groups in total. The van der Waals surface area contributed by atoms with Crippen molar-refractivity contribution in [2.75, 3.05) is 5.32 Å². The fourth-order valence-corrected chi connectivity index (χ4v) is 3.62. The van der Waals surface area contributed by atoms with Gasteiger partial charge < -0.3 is 15.0 Å². The van der Waals surface area contributed by atoms with Crippen LogP contribution in [0.5, 0.6) is 0 Å². The van der Waals surface area contributed by atoms with E-state index >= 15 is 0 Å². The van der Waals surface area contributed by atoms with Gasteiger partial charge in [-0.25, -0.2) is 9.97 Å².